The summed E-state index contributed by atoms with van der Waals surface area (Å²) in [5.41, 5.74) is 3.47. The van der Waals surface area contributed by atoms with E-state index < -0.39 is 6.04 Å². The molecule has 0 saturated carbocycles. The van der Waals surface area contributed by atoms with Crippen LogP contribution in [0.3, 0.4) is 0 Å². The molecule has 0 aliphatic rings. The van der Waals surface area contributed by atoms with Gasteiger partial charge in [0.05, 0.1) is 18.3 Å². The highest BCUT2D eigenvalue weighted by atomic mass is 16.3. The molecule has 3 heterocycles. The minimum Gasteiger partial charge on any atom is -0.467 e. The Kier molecular flexibility index (Phi) is 6.53. The lowest BCUT2D eigenvalue weighted by atomic mass is 10.0. The summed E-state index contributed by atoms with van der Waals surface area (Å²) in [6.07, 6.45) is 4.77. The summed E-state index contributed by atoms with van der Waals surface area (Å²) in [7, 11) is 0. The molecule has 0 bridgehead atoms. The molecule has 2 amide bonds. The van der Waals surface area contributed by atoms with Crippen LogP contribution in [0.5, 0.6) is 0 Å². The maximum absolute atomic E-state index is 14.0. The standard InChI is InChI=1S/C27H24N6O3/c1-19-8-2-4-12-23(19)33(25(34)18-32-24-13-5-3-11-22(24)30-31-32)26(20-9-6-14-28-16-20)27(35)29-17-21-10-7-15-36-21/h2-16,26H,17-18H2,1H3,(H,29,35). The SMILES string of the molecule is Cc1ccccc1N(C(=O)Cn1nnc2ccccc21)C(C(=O)NCc1ccco1)c1cccnc1. The first-order valence-corrected chi connectivity index (χ1v) is 11.5. The van der Waals surface area contributed by atoms with E-state index in [1.807, 2.05) is 55.5 Å². The molecule has 2 aromatic carbocycles. The molecule has 0 saturated heterocycles. The van der Waals surface area contributed by atoms with Crippen molar-refractivity contribution in [1.82, 2.24) is 25.3 Å². The van der Waals surface area contributed by atoms with Crippen LogP contribution in [0.1, 0.15) is 22.9 Å². The van der Waals surface area contributed by atoms with Crippen molar-refractivity contribution in [3.8, 4) is 0 Å². The summed E-state index contributed by atoms with van der Waals surface area (Å²) in [5, 5.41) is 11.2. The number of anilines is 1. The minimum atomic E-state index is -0.975. The Balaban J connectivity index is 1.55. The number of hydrogen-bond acceptors (Lipinski definition) is 6. The summed E-state index contributed by atoms with van der Waals surface area (Å²) < 4.78 is 6.91. The van der Waals surface area contributed by atoms with Crippen LogP contribution >= 0.6 is 0 Å². The summed E-state index contributed by atoms with van der Waals surface area (Å²) in [4.78, 5) is 33.4. The second-order valence-corrected chi connectivity index (χ2v) is 8.27. The van der Waals surface area contributed by atoms with Gasteiger partial charge in [0.1, 0.15) is 23.9 Å². The first-order valence-electron chi connectivity index (χ1n) is 11.5. The van der Waals surface area contributed by atoms with E-state index in [-0.39, 0.29) is 24.9 Å². The smallest absolute Gasteiger partial charge is 0.249 e. The van der Waals surface area contributed by atoms with E-state index >= 15 is 0 Å². The van der Waals surface area contributed by atoms with Crippen LogP contribution in [0.2, 0.25) is 0 Å². The molecule has 1 unspecified atom stereocenters. The number of nitrogens with one attached hydrogen (secondary N) is 1. The third-order valence-corrected chi connectivity index (χ3v) is 5.87. The Labute approximate surface area is 207 Å². The Hall–Kier alpha value is -4.79. The molecule has 36 heavy (non-hydrogen) atoms. The Morgan fingerprint density at radius 2 is 1.86 bits per heavy atom. The van der Waals surface area contributed by atoms with E-state index in [4.69, 9.17) is 4.42 Å². The van der Waals surface area contributed by atoms with Crippen LogP contribution in [0.15, 0.2) is 95.9 Å². The fourth-order valence-corrected chi connectivity index (χ4v) is 4.13. The van der Waals surface area contributed by atoms with Gasteiger partial charge in [-0.05, 0) is 48.9 Å². The molecule has 9 nitrogen and oxygen atoms in total. The third kappa shape index (κ3) is 4.72. The van der Waals surface area contributed by atoms with Crippen molar-refractivity contribution < 1.29 is 14.0 Å². The molecule has 0 fully saturated rings. The number of para-hydroxylation sites is 2. The lowest BCUT2D eigenvalue weighted by Gasteiger charge is -2.32. The Morgan fingerprint density at radius 1 is 1.03 bits per heavy atom. The highest BCUT2D eigenvalue weighted by Crippen LogP contribution is 2.31. The van der Waals surface area contributed by atoms with Crippen LogP contribution in [0, 0.1) is 6.92 Å². The third-order valence-electron chi connectivity index (χ3n) is 5.87. The predicted octanol–water partition coefficient (Wildman–Crippen LogP) is 3.82. The number of aryl methyl sites for hydroxylation is 1. The molecule has 9 heteroatoms. The zero-order valence-electron chi connectivity index (χ0n) is 19.6. The van der Waals surface area contributed by atoms with Gasteiger partial charge in [-0.1, -0.05) is 41.6 Å². The molecule has 0 aliphatic carbocycles. The van der Waals surface area contributed by atoms with Gasteiger partial charge in [0, 0.05) is 23.6 Å². The number of rotatable bonds is 8. The highest BCUT2D eigenvalue weighted by Gasteiger charge is 2.34. The van der Waals surface area contributed by atoms with E-state index in [1.165, 1.54) is 4.90 Å². The van der Waals surface area contributed by atoms with E-state index in [2.05, 4.69) is 20.6 Å². The summed E-state index contributed by atoms with van der Waals surface area (Å²) in [6, 6.07) is 21.0. The normalized spacial score (nSPS) is 11.8. The lowest BCUT2D eigenvalue weighted by Crippen LogP contribution is -2.45. The molecule has 1 N–H and O–H groups in total. The van der Waals surface area contributed by atoms with Gasteiger partial charge in [-0.15, -0.1) is 5.10 Å². The minimum absolute atomic E-state index is 0.100. The molecular formula is C27H24N6O3. The average Bonchev–Trinajstić information content (AvgIpc) is 3.57. The second kappa shape index (κ2) is 10.2. The van der Waals surface area contributed by atoms with Crippen molar-refractivity contribution in [2.45, 2.75) is 26.1 Å². The van der Waals surface area contributed by atoms with Gasteiger partial charge in [0.2, 0.25) is 11.8 Å². The van der Waals surface area contributed by atoms with Crippen molar-refractivity contribution >= 4 is 28.5 Å². The quantitative estimate of drug-likeness (QED) is 0.362. The van der Waals surface area contributed by atoms with Crippen molar-refractivity contribution in [2.24, 2.45) is 0 Å². The molecule has 180 valence electrons. The van der Waals surface area contributed by atoms with Gasteiger partial charge in [-0.2, -0.15) is 0 Å². The van der Waals surface area contributed by atoms with E-state index in [9.17, 15) is 9.59 Å². The zero-order valence-corrected chi connectivity index (χ0v) is 19.6. The van der Waals surface area contributed by atoms with E-state index in [0.29, 0.717) is 22.5 Å². The zero-order chi connectivity index (χ0) is 24.9. The van der Waals surface area contributed by atoms with Crippen LogP contribution in [-0.4, -0.2) is 31.8 Å². The summed E-state index contributed by atoms with van der Waals surface area (Å²) in [6.45, 7) is 1.99. The molecular weight excluding hydrogens is 456 g/mol. The second-order valence-electron chi connectivity index (χ2n) is 8.27. The number of fused-ring (bicyclic) bond motifs is 1. The van der Waals surface area contributed by atoms with Crippen LogP contribution in [-0.2, 0) is 22.7 Å². The molecule has 1 atom stereocenters. The van der Waals surface area contributed by atoms with Crippen LogP contribution < -0.4 is 10.2 Å². The van der Waals surface area contributed by atoms with Gasteiger partial charge in [0.25, 0.3) is 0 Å². The van der Waals surface area contributed by atoms with Crippen molar-refractivity contribution in [2.75, 3.05) is 4.90 Å². The van der Waals surface area contributed by atoms with Crippen LogP contribution in [0.4, 0.5) is 5.69 Å². The topological polar surface area (TPSA) is 106 Å². The number of carbonyl (C=O) groups excluding carboxylic acids is 2. The fraction of sp³-hybridized carbons (Fsp3) is 0.148. The molecule has 0 aliphatic heterocycles. The number of nitrogens with zero attached hydrogens (tertiary/aromatic N) is 5. The van der Waals surface area contributed by atoms with Gasteiger partial charge in [-0.3, -0.25) is 19.5 Å². The number of amides is 2. The maximum Gasteiger partial charge on any atom is 0.249 e. The number of carbonyl (C=O) groups is 2. The number of pyridine rings is 1. The van der Waals surface area contributed by atoms with E-state index in [0.717, 1.165) is 11.1 Å². The monoisotopic (exact) mass is 480 g/mol. The number of benzene rings is 2. The maximum atomic E-state index is 14.0. The van der Waals surface area contributed by atoms with Gasteiger partial charge >= 0.3 is 0 Å². The predicted molar refractivity (Wildman–Crippen MR) is 134 cm³/mol. The first kappa shape index (κ1) is 23.0. The molecule has 5 aromatic rings. The van der Waals surface area contributed by atoms with Crippen molar-refractivity contribution in [1.29, 1.82) is 0 Å². The van der Waals surface area contributed by atoms with Crippen LogP contribution in [0.25, 0.3) is 11.0 Å². The number of furan rings is 1. The summed E-state index contributed by atoms with van der Waals surface area (Å²) >= 11 is 0. The van der Waals surface area contributed by atoms with Gasteiger partial charge in [0.15, 0.2) is 0 Å². The van der Waals surface area contributed by atoms with Crippen molar-refractivity contribution in [3.63, 3.8) is 0 Å². The fourth-order valence-electron chi connectivity index (χ4n) is 4.13. The Bertz CT molecular complexity index is 1480. The number of aromatic nitrogens is 4. The van der Waals surface area contributed by atoms with Gasteiger partial charge < -0.3 is 9.73 Å². The first-order chi connectivity index (χ1) is 17.6. The number of hydrogen-bond donors (Lipinski definition) is 1. The molecule has 0 spiro atoms. The molecule has 5 rings (SSSR count). The summed E-state index contributed by atoms with van der Waals surface area (Å²) in [5.74, 6) is -0.0717. The highest BCUT2D eigenvalue weighted by molar-refractivity contribution is 6.02. The Morgan fingerprint density at radius 3 is 2.64 bits per heavy atom. The lowest BCUT2D eigenvalue weighted by molar-refractivity contribution is -0.127. The molecule has 0 radical (unpaired) electrons. The average molecular weight is 481 g/mol. The van der Waals surface area contributed by atoms with Crippen molar-refractivity contribution in [3.05, 3.63) is 108 Å². The molecule has 3 aromatic heterocycles. The van der Waals surface area contributed by atoms with E-state index in [1.54, 1.807) is 47.6 Å². The van der Waals surface area contributed by atoms with Gasteiger partial charge in [-0.25, -0.2) is 4.68 Å². The largest absolute Gasteiger partial charge is 0.467 e.